The minimum absolute atomic E-state index is 0.898. The highest BCUT2D eigenvalue weighted by molar-refractivity contribution is 5.84. The molecule has 1 aromatic carbocycles. The van der Waals surface area contributed by atoms with E-state index in [1.54, 1.807) is 0 Å². The van der Waals surface area contributed by atoms with Gasteiger partial charge in [0.05, 0.1) is 5.52 Å². The third-order valence-electron chi connectivity index (χ3n) is 4.01. The average Bonchev–Trinajstić information content (AvgIpc) is 2.52. The molecule has 0 bridgehead atoms. The van der Waals surface area contributed by atoms with Crippen molar-refractivity contribution < 1.29 is 0 Å². The molecule has 1 aromatic heterocycles. The van der Waals surface area contributed by atoms with Gasteiger partial charge in [-0.25, -0.2) is 4.98 Å². The van der Waals surface area contributed by atoms with Gasteiger partial charge in [0.15, 0.2) is 0 Å². The Balaban J connectivity index is 2.01. The zero-order valence-corrected chi connectivity index (χ0v) is 12.9. The van der Waals surface area contributed by atoms with Crippen molar-refractivity contribution in [3.8, 4) is 0 Å². The minimum Gasteiger partial charge on any atom is -0.352 e. The summed E-state index contributed by atoms with van der Waals surface area (Å²) in [5.41, 5.74) is 3.87. The molecule has 1 aliphatic heterocycles. The van der Waals surface area contributed by atoms with E-state index in [9.17, 15) is 0 Å². The molecule has 3 nitrogen and oxygen atoms in total. The van der Waals surface area contributed by atoms with Crippen molar-refractivity contribution in [3.63, 3.8) is 0 Å². The van der Waals surface area contributed by atoms with Gasteiger partial charge >= 0.3 is 0 Å². The summed E-state index contributed by atoms with van der Waals surface area (Å²) < 4.78 is 0. The normalized spacial score (nSPS) is 15.3. The lowest BCUT2D eigenvalue weighted by Crippen LogP contribution is -2.30. The lowest BCUT2D eigenvalue weighted by molar-refractivity contribution is 0.727. The van der Waals surface area contributed by atoms with Crippen LogP contribution in [0.25, 0.3) is 10.9 Å². The van der Waals surface area contributed by atoms with Gasteiger partial charge in [-0.3, -0.25) is 0 Å². The van der Waals surface area contributed by atoms with Crippen LogP contribution in [0.15, 0.2) is 42.0 Å². The molecule has 110 valence electrons. The van der Waals surface area contributed by atoms with Gasteiger partial charge in [0, 0.05) is 25.0 Å². The monoisotopic (exact) mass is 281 g/mol. The van der Waals surface area contributed by atoms with E-state index >= 15 is 0 Å². The Hall–Kier alpha value is -1.87. The van der Waals surface area contributed by atoms with Crippen LogP contribution < -0.4 is 10.2 Å². The second-order valence-corrected chi connectivity index (χ2v) is 5.70. The van der Waals surface area contributed by atoms with Gasteiger partial charge in [0.25, 0.3) is 0 Å². The van der Waals surface area contributed by atoms with E-state index in [1.165, 1.54) is 16.5 Å². The highest BCUT2D eigenvalue weighted by Gasteiger charge is 2.14. The van der Waals surface area contributed by atoms with Gasteiger partial charge in [0.1, 0.15) is 5.82 Å². The van der Waals surface area contributed by atoms with Crippen LogP contribution in [0.1, 0.15) is 25.8 Å². The molecule has 3 rings (SSSR count). The Morgan fingerprint density at radius 2 is 2.14 bits per heavy atom. The molecule has 0 saturated carbocycles. The van der Waals surface area contributed by atoms with Crippen molar-refractivity contribution in [1.82, 2.24) is 10.3 Å². The van der Waals surface area contributed by atoms with Gasteiger partial charge in [-0.05, 0) is 37.6 Å². The Morgan fingerprint density at radius 1 is 1.29 bits per heavy atom. The maximum absolute atomic E-state index is 4.87. The van der Waals surface area contributed by atoms with Crippen molar-refractivity contribution in [3.05, 3.63) is 47.5 Å². The molecule has 0 fully saturated rings. The van der Waals surface area contributed by atoms with E-state index in [-0.39, 0.29) is 0 Å². The van der Waals surface area contributed by atoms with Gasteiger partial charge in [-0.2, -0.15) is 0 Å². The summed E-state index contributed by atoms with van der Waals surface area (Å²) >= 11 is 0. The van der Waals surface area contributed by atoms with Crippen LogP contribution >= 0.6 is 0 Å². The zero-order valence-electron chi connectivity index (χ0n) is 12.9. The molecule has 1 aliphatic rings. The van der Waals surface area contributed by atoms with Crippen LogP contribution in [0.5, 0.6) is 0 Å². The summed E-state index contributed by atoms with van der Waals surface area (Å²) in [5.74, 6) is 1.11. The van der Waals surface area contributed by atoms with Crippen LogP contribution in [0, 0.1) is 0 Å². The number of para-hydroxylation sites is 1. The van der Waals surface area contributed by atoms with E-state index in [2.05, 4.69) is 60.5 Å². The molecule has 2 aromatic rings. The number of fused-ring (bicyclic) bond motifs is 1. The summed E-state index contributed by atoms with van der Waals surface area (Å²) in [4.78, 5) is 7.26. The smallest absolute Gasteiger partial charge is 0.129 e. The molecular formula is C18H23N3. The fraction of sp³-hybridized carbons (Fsp3) is 0.389. The largest absolute Gasteiger partial charge is 0.352 e. The molecule has 0 radical (unpaired) electrons. The third-order valence-corrected chi connectivity index (χ3v) is 4.01. The summed E-state index contributed by atoms with van der Waals surface area (Å²) in [7, 11) is 0. The zero-order chi connectivity index (χ0) is 14.7. The summed E-state index contributed by atoms with van der Waals surface area (Å²) in [5, 5.41) is 4.69. The van der Waals surface area contributed by atoms with Crippen LogP contribution in [-0.4, -0.2) is 24.6 Å². The molecule has 0 atom stereocenters. The number of nitrogens with one attached hydrogen (secondary N) is 1. The number of aromatic nitrogens is 1. The number of hydrogen-bond donors (Lipinski definition) is 1. The third kappa shape index (κ3) is 3.08. The predicted octanol–water partition coefficient (Wildman–Crippen LogP) is 3.50. The van der Waals surface area contributed by atoms with E-state index in [0.717, 1.165) is 43.9 Å². The molecule has 3 heteroatoms. The summed E-state index contributed by atoms with van der Waals surface area (Å²) in [6.45, 7) is 8.28. The average molecular weight is 281 g/mol. The molecule has 0 amide bonds. The first-order valence-corrected chi connectivity index (χ1v) is 7.78. The van der Waals surface area contributed by atoms with E-state index in [4.69, 9.17) is 4.98 Å². The SMILES string of the molecule is CCNCc1cc(N2CCC=C(C)C2)nc2ccccc12. The van der Waals surface area contributed by atoms with Crippen LogP contribution in [-0.2, 0) is 6.54 Å². The van der Waals surface area contributed by atoms with E-state index < -0.39 is 0 Å². The molecule has 2 heterocycles. The van der Waals surface area contributed by atoms with Crippen molar-refractivity contribution in [2.24, 2.45) is 0 Å². The van der Waals surface area contributed by atoms with Crippen molar-refractivity contribution >= 4 is 16.7 Å². The van der Waals surface area contributed by atoms with Crippen LogP contribution in [0.2, 0.25) is 0 Å². The molecular weight excluding hydrogens is 258 g/mol. The Kier molecular flexibility index (Phi) is 4.20. The fourth-order valence-electron chi connectivity index (χ4n) is 2.91. The van der Waals surface area contributed by atoms with Crippen LogP contribution in [0.4, 0.5) is 5.82 Å². The molecule has 0 aliphatic carbocycles. The highest BCUT2D eigenvalue weighted by atomic mass is 15.2. The maximum atomic E-state index is 4.87. The van der Waals surface area contributed by atoms with Crippen LogP contribution in [0.3, 0.4) is 0 Å². The second-order valence-electron chi connectivity index (χ2n) is 5.70. The number of anilines is 1. The molecule has 1 N–H and O–H groups in total. The molecule has 21 heavy (non-hydrogen) atoms. The maximum Gasteiger partial charge on any atom is 0.129 e. The van der Waals surface area contributed by atoms with Gasteiger partial charge in [-0.1, -0.05) is 36.8 Å². The first-order valence-electron chi connectivity index (χ1n) is 7.78. The number of rotatable bonds is 4. The lowest BCUT2D eigenvalue weighted by Gasteiger charge is -2.28. The van der Waals surface area contributed by atoms with Gasteiger partial charge in [0.2, 0.25) is 0 Å². The summed E-state index contributed by atoms with van der Waals surface area (Å²) in [6.07, 6.45) is 3.44. The number of benzene rings is 1. The minimum atomic E-state index is 0.898. The fourth-order valence-corrected chi connectivity index (χ4v) is 2.91. The molecule has 0 spiro atoms. The Labute approximate surface area is 126 Å². The summed E-state index contributed by atoms with van der Waals surface area (Å²) in [6, 6.07) is 10.7. The number of nitrogens with zero attached hydrogens (tertiary/aromatic N) is 2. The van der Waals surface area contributed by atoms with Gasteiger partial charge in [-0.15, -0.1) is 0 Å². The topological polar surface area (TPSA) is 28.2 Å². The van der Waals surface area contributed by atoms with Crippen molar-refractivity contribution in [1.29, 1.82) is 0 Å². The number of hydrogen-bond acceptors (Lipinski definition) is 3. The number of pyridine rings is 1. The Morgan fingerprint density at radius 3 is 2.95 bits per heavy atom. The first kappa shape index (κ1) is 14.1. The molecule has 0 saturated heterocycles. The predicted molar refractivity (Wildman–Crippen MR) is 89.7 cm³/mol. The second kappa shape index (κ2) is 6.27. The molecule has 0 unspecified atom stereocenters. The van der Waals surface area contributed by atoms with Crippen molar-refractivity contribution in [2.75, 3.05) is 24.5 Å². The lowest BCUT2D eigenvalue weighted by atomic mass is 10.1. The van der Waals surface area contributed by atoms with Crippen molar-refractivity contribution in [2.45, 2.75) is 26.8 Å². The standard InChI is InChI=1S/C18H23N3/c1-3-19-12-15-11-18(21-10-6-7-14(2)13-21)20-17-9-5-4-8-16(15)17/h4-5,7-9,11,19H,3,6,10,12-13H2,1-2H3. The highest BCUT2D eigenvalue weighted by Crippen LogP contribution is 2.25. The van der Waals surface area contributed by atoms with E-state index in [0.29, 0.717) is 0 Å². The quantitative estimate of drug-likeness (QED) is 0.869. The first-order chi connectivity index (χ1) is 10.3. The van der Waals surface area contributed by atoms with Gasteiger partial charge < -0.3 is 10.2 Å². The van der Waals surface area contributed by atoms with E-state index in [1.807, 2.05) is 0 Å². The Bertz CT molecular complexity index is 661.